The van der Waals surface area contributed by atoms with Gasteiger partial charge in [-0.1, -0.05) is 13.8 Å². The number of methoxy groups -OCH3 is 1. The minimum atomic E-state index is -0.461. The smallest absolute Gasteiger partial charge is 0.230 e. The van der Waals surface area contributed by atoms with Gasteiger partial charge < -0.3 is 24.1 Å². The lowest BCUT2D eigenvalue weighted by atomic mass is 10.1. The van der Waals surface area contributed by atoms with Crippen LogP contribution in [-0.2, 0) is 12.8 Å². The van der Waals surface area contributed by atoms with Crippen LogP contribution in [0.4, 0.5) is 0 Å². The van der Waals surface area contributed by atoms with Crippen LogP contribution in [0.25, 0.3) is 11.3 Å². The number of ether oxygens (including phenoxy) is 2. The zero-order chi connectivity index (χ0) is 18.7. The van der Waals surface area contributed by atoms with Crippen molar-refractivity contribution in [1.82, 2.24) is 0 Å². The predicted molar refractivity (Wildman–Crippen MR) is 94.8 cm³/mol. The molecule has 0 unspecified atom stereocenters. The van der Waals surface area contributed by atoms with Gasteiger partial charge in [-0.15, -0.1) is 0 Å². The van der Waals surface area contributed by atoms with Crippen molar-refractivity contribution in [2.45, 2.75) is 46.6 Å². The molecule has 6 nitrogen and oxygen atoms in total. The molecule has 0 amide bonds. The summed E-state index contributed by atoms with van der Waals surface area (Å²) >= 11 is 0. The number of hydrogen-bond donors (Lipinski definition) is 2. The fourth-order valence-electron chi connectivity index (χ4n) is 2.66. The Balaban J connectivity index is 2.73. The lowest BCUT2D eigenvalue weighted by Gasteiger charge is -2.16. The second-order valence-corrected chi connectivity index (χ2v) is 5.91. The zero-order valence-corrected chi connectivity index (χ0v) is 15.2. The Morgan fingerprint density at radius 2 is 1.72 bits per heavy atom. The Morgan fingerprint density at radius 1 is 1.08 bits per heavy atom. The van der Waals surface area contributed by atoms with Gasteiger partial charge in [-0.2, -0.15) is 0 Å². The Hall–Kier alpha value is -2.63. The van der Waals surface area contributed by atoms with Gasteiger partial charge in [0.25, 0.3) is 0 Å². The third kappa shape index (κ3) is 3.57. The first-order valence-electron chi connectivity index (χ1n) is 8.29. The number of phenolic OH excluding ortho intramolecular Hbond substituents is 1. The number of benzene rings is 1. The molecule has 2 aromatic rings. The van der Waals surface area contributed by atoms with Crippen molar-refractivity contribution in [3.63, 3.8) is 0 Å². The molecular weight excluding hydrogens is 324 g/mol. The fraction of sp³-hybridized carbons (Fsp3) is 0.421. The van der Waals surface area contributed by atoms with Gasteiger partial charge >= 0.3 is 0 Å². The molecule has 0 aliphatic rings. The molecule has 0 aliphatic carbocycles. The second-order valence-electron chi connectivity index (χ2n) is 5.91. The van der Waals surface area contributed by atoms with Gasteiger partial charge in [0.1, 0.15) is 5.76 Å². The number of rotatable bonds is 6. The molecule has 0 radical (unpaired) electrons. The van der Waals surface area contributed by atoms with E-state index in [0.29, 0.717) is 29.7 Å². The van der Waals surface area contributed by atoms with Crippen LogP contribution in [0.5, 0.6) is 23.0 Å². The number of aryl methyl sites for hydroxylation is 1. The molecule has 1 aromatic carbocycles. The maximum Gasteiger partial charge on any atom is 0.230 e. The third-order valence-corrected chi connectivity index (χ3v) is 3.83. The summed E-state index contributed by atoms with van der Waals surface area (Å²) in [6, 6.07) is 3.01. The largest absolute Gasteiger partial charge is 0.502 e. The Bertz CT molecular complexity index is 820. The van der Waals surface area contributed by atoms with Crippen molar-refractivity contribution in [1.29, 1.82) is 0 Å². The van der Waals surface area contributed by atoms with E-state index in [1.165, 1.54) is 19.2 Å². The average molecular weight is 348 g/mol. The summed E-state index contributed by atoms with van der Waals surface area (Å²) in [6.45, 7) is 7.36. The number of phenols is 1. The molecule has 1 heterocycles. The van der Waals surface area contributed by atoms with Crippen LogP contribution in [-0.4, -0.2) is 23.4 Å². The molecule has 0 saturated carbocycles. The standard InChI is InChI=1S/C19H24O6/c1-6-12-13(7-2)25-19(18(22)16(12)20)11-8-14(23-5)17(21)15(9-11)24-10(3)4/h8-10,21-22H,6-7H2,1-5H3. The lowest BCUT2D eigenvalue weighted by Crippen LogP contribution is -2.12. The summed E-state index contributed by atoms with van der Waals surface area (Å²) in [5.74, 6) is 0.293. The van der Waals surface area contributed by atoms with E-state index in [4.69, 9.17) is 13.9 Å². The second kappa shape index (κ2) is 7.51. The van der Waals surface area contributed by atoms with Crippen molar-refractivity contribution in [2.75, 3.05) is 7.11 Å². The maximum atomic E-state index is 12.4. The van der Waals surface area contributed by atoms with Gasteiger partial charge in [0.05, 0.1) is 13.2 Å². The van der Waals surface area contributed by atoms with Crippen LogP contribution < -0.4 is 14.9 Å². The highest BCUT2D eigenvalue weighted by Gasteiger charge is 2.21. The minimum Gasteiger partial charge on any atom is -0.502 e. The molecule has 0 fully saturated rings. The van der Waals surface area contributed by atoms with E-state index in [-0.39, 0.29) is 29.1 Å². The average Bonchev–Trinajstić information content (AvgIpc) is 2.58. The molecular formula is C19H24O6. The van der Waals surface area contributed by atoms with Crippen molar-refractivity contribution in [3.05, 3.63) is 33.7 Å². The van der Waals surface area contributed by atoms with Crippen molar-refractivity contribution in [2.24, 2.45) is 0 Å². The summed E-state index contributed by atoms with van der Waals surface area (Å²) in [6.07, 6.45) is 0.816. The molecule has 6 heteroatoms. The first-order valence-corrected chi connectivity index (χ1v) is 8.29. The third-order valence-electron chi connectivity index (χ3n) is 3.83. The predicted octanol–water partition coefficient (Wildman–Crippen LogP) is 3.64. The Morgan fingerprint density at radius 3 is 2.24 bits per heavy atom. The van der Waals surface area contributed by atoms with Crippen molar-refractivity contribution in [3.8, 4) is 34.3 Å². The first kappa shape index (κ1) is 18.7. The van der Waals surface area contributed by atoms with Gasteiger partial charge in [0, 0.05) is 17.5 Å². The Kier molecular flexibility index (Phi) is 5.62. The van der Waals surface area contributed by atoms with E-state index in [0.717, 1.165) is 0 Å². The molecule has 136 valence electrons. The van der Waals surface area contributed by atoms with Crippen LogP contribution in [0.3, 0.4) is 0 Å². The van der Waals surface area contributed by atoms with E-state index >= 15 is 0 Å². The monoisotopic (exact) mass is 348 g/mol. The molecule has 0 spiro atoms. The van der Waals surface area contributed by atoms with Crippen molar-refractivity contribution >= 4 is 0 Å². The summed E-state index contributed by atoms with van der Waals surface area (Å²) in [4.78, 5) is 12.4. The fourth-order valence-corrected chi connectivity index (χ4v) is 2.66. The van der Waals surface area contributed by atoms with E-state index in [1.54, 1.807) is 0 Å². The maximum absolute atomic E-state index is 12.4. The highest BCUT2D eigenvalue weighted by Crippen LogP contribution is 2.42. The summed E-state index contributed by atoms with van der Waals surface area (Å²) in [7, 11) is 1.41. The number of aromatic hydroxyl groups is 2. The molecule has 0 bridgehead atoms. The van der Waals surface area contributed by atoms with Crippen molar-refractivity contribution < 1.29 is 24.1 Å². The van der Waals surface area contributed by atoms with Crippen LogP contribution in [0.1, 0.15) is 39.0 Å². The van der Waals surface area contributed by atoms with E-state index in [1.807, 2.05) is 27.7 Å². The van der Waals surface area contributed by atoms with E-state index in [2.05, 4.69) is 0 Å². The summed E-state index contributed by atoms with van der Waals surface area (Å²) in [5.41, 5.74) is 0.407. The van der Waals surface area contributed by atoms with Gasteiger partial charge in [0.15, 0.2) is 17.3 Å². The van der Waals surface area contributed by atoms with Gasteiger partial charge in [-0.3, -0.25) is 4.79 Å². The Labute approximate surface area is 146 Å². The highest BCUT2D eigenvalue weighted by molar-refractivity contribution is 5.71. The van der Waals surface area contributed by atoms with Crippen LogP contribution in [0.15, 0.2) is 21.3 Å². The molecule has 2 N–H and O–H groups in total. The molecule has 0 aliphatic heterocycles. The molecule has 2 rings (SSSR count). The summed E-state index contributed by atoms with van der Waals surface area (Å²) in [5, 5.41) is 20.5. The highest BCUT2D eigenvalue weighted by atomic mass is 16.5. The summed E-state index contributed by atoms with van der Waals surface area (Å²) < 4.78 is 16.6. The van der Waals surface area contributed by atoms with Gasteiger partial charge in [0.2, 0.25) is 16.9 Å². The van der Waals surface area contributed by atoms with Gasteiger partial charge in [-0.05, 0) is 32.4 Å². The van der Waals surface area contributed by atoms with Crippen LogP contribution >= 0.6 is 0 Å². The lowest BCUT2D eigenvalue weighted by molar-refractivity contribution is 0.228. The quantitative estimate of drug-likeness (QED) is 0.828. The minimum absolute atomic E-state index is 0.0333. The van der Waals surface area contributed by atoms with Crippen LogP contribution in [0.2, 0.25) is 0 Å². The van der Waals surface area contributed by atoms with Gasteiger partial charge in [-0.25, -0.2) is 0 Å². The van der Waals surface area contributed by atoms with E-state index < -0.39 is 11.2 Å². The molecule has 1 aromatic heterocycles. The van der Waals surface area contributed by atoms with Crippen LogP contribution in [0, 0.1) is 0 Å². The molecule has 25 heavy (non-hydrogen) atoms. The van der Waals surface area contributed by atoms with E-state index in [9.17, 15) is 15.0 Å². The number of hydrogen-bond acceptors (Lipinski definition) is 6. The molecule has 0 saturated heterocycles. The first-order chi connectivity index (χ1) is 11.8. The SMILES string of the molecule is CCc1oc(-c2cc(OC)c(O)c(OC(C)C)c2)c(O)c(=O)c1CC. The molecule has 0 atom stereocenters. The zero-order valence-electron chi connectivity index (χ0n) is 15.2. The normalized spacial score (nSPS) is 11.0. The topological polar surface area (TPSA) is 89.1 Å².